The van der Waals surface area contributed by atoms with Crippen molar-refractivity contribution in [2.75, 3.05) is 6.61 Å². The van der Waals surface area contributed by atoms with Gasteiger partial charge in [-0.1, -0.05) is 19.8 Å². The SMILES string of the molecule is CC1OC(C)C(C(=O)NC2CCCCC2CO)C1C. The number of aliphatic hydroxyl groups is 1. The van der Waals surface area contributed by atoms with E-state index in [2.05, 4.69) is 12.2 Å². The molecular formula is C15H27NO3. The molecule has 4 nitrogen and oxygen atoms in total. The van der Waals surface area contributed by atoms with Gasteiger partial charge in [0.25, 0.3) is 0 Å². The van der Waals surface area contributed by atoms with Crippen LogP contribution in [-0.2, 0) is 9.53 Å². The van der Waals surface area contributed by atoms with E-state index in [0.29, 0.717) is 0 Å². The maximum absolute atomic E-state index is 12.5. The van der Waals surface area contributed by atoms with E-state index >= 15 is 0 Å². The maximum atomic E-state index is 12.5. The lowest BCUT2D eigenvalue weighted by Crippen LogP contribution is -2.47. The average Bonchev–Trinajstić information content (AvgIpc) is 2.64. The predicted octanol–water partition coefficient (Wildman–Crippen LogP) is 1.71. The molecule has 1 saturated heterocycles. The summed E-state index contributed by atoms with van der Waals surface area (Å²) in [7, 11) is 0. The first-order valence-electron chi connectivity index (χ1n) is 7.61. The van der Waals surface area contributed by atoms with Crippen LogP contribution in [0, 0.1) is 17.8 Å². The van der Waals surface area contributed by atoms with Crippen molar-refractivity contribution in [3.63, 3.8) is 0 Å². The topological polar surface area (TPSA) is 58.6 Å². The maximum Gasteiger partial charge on any atom is 0.226 e. The Hall–Kier alpha value is -0.610. The Kier molecular flexibility index (Phi) is 4.85. The van der Waals surface area contributed by atoms with E-state index in [4.69, 9.17) is 4.74 Å². The van der Waals surface area contributed by atoms with Crippen LogP contribution in [0.5, 0.6) is 0 Å². The van der Waals surface area contributed by atoms with Gasteiger partial charge < -0.3 is 15.2 Å². The highest BCUT2D eigenvalue weighted by atomic mass is 16.5. The summed E-state index contributed by atoms with van der Waals surface area (Å²) in [6.07, 6.45) is 4.44. The highest BCUT2D eigenvalue weighted by molar-refractivity contribution is 5.80. The molecule has 1 amide bonds. The molecule has 0 aromatic carbocycles. The minimum atomic E-state index is -0.0590. The fourth-order valence-corrected chi connectivity index (χ4v) is 3.61. The molecule has 2 N–H and O–H groups in total. The van der Waals surface area contributed by atoms with Gasteiger partial charge in [-0.05, 0) is 32.6 Å². The third-order valence-corrected chi connectivity index (χ3v) is 5.02. The van der Waals surface area contributed by atoms with Crippen molar-refractivity contribution in [1.29, 1.82) is 0 Å². The van der Waals surface area contributed by atoms with Gasteiger partial charge in [0.1, 0.15) is 0 Å². The summed E-state index contributed by atoms with van der Waals surface area (Å²) in [6, 6.07) is 0.140. The molecule has 1 aliphatic heterocycles. The van der Waals surface area contributed by atoms with Gasteiger partial charge in [0.2, 0.25) is 5.91 Å². The molecule has 1 saturated carbocycles. The number of ether oxygens (including phenoxy) is 1. The van der Waals surface area contributed by atoms with E-state index < -0.39 is 0 Å². The lowest BCUT2D eigenvalue weighted by Gasteiger charge is -2.32. The van der Waals surface area contributed by atoms with Crippen LogP contribution < -0.4 is 5.32 Å². The average molecular weight is 269 g/mol. The lowest BCUT2D eigenvalue weighted by atomic mass is 9.83. The van der Waals surface area contributed by atoms with Crippen LogP contribution in [0.15, 0.2) is 0 Å². The molecule has 1 aliphatic carbocycles. The fourth-order valence-electron chi connectivity index (χ4n) is 3.61. The van der Waals surface area contributed by atoms with Gasteiger partial charge in [-0.2, -0.15) is 0 Å². The summed E-state index contributed by atoms with van der Waals surface area (Å²) in [6.45, 7) is 6.27. The van der Waals surface area contributed by atoms with Crippen molar-refractivity contribution < 1.29 is 14.6 Å². The summed E-state index contributed by atoms with van der Waals surface area (Å²) in [4.78, 5) is 12.5. The van der Waals surface area contributed by atoms with Crippen LogP contribution in [0.25, 0.3) is 0 Å². The first kappa shape index (κ1) is 14.8. The van der Waals surface area contributed by atoms with Gasteiger partial charge in [-0.25, -0.2) is 0 Å². The first-order valence-corrected chi connectivity index (χ1v) is 7.61. The molecule has 0 bridgehead atoms. The third kappa shape index (κ3) is 3.11. The molecule has 6 atom stereocenters. The number of rotatable bonds is 3. The summed E-state index contributed by atoms with van der Waals surface area (Å²) in [5.41, 5.74) is 0. The van der Waals surface area contributed by atoms with E-state index in [0.717, 1.165) is 25.7 Å². The minimum absolute atomic E-state index is 0.0128. The predicted molar refractivity (Wildman–Crippen MR) is 73.6 cm³/mol. The molecule has 2 rings (SSSR count). The zero-order valence-corrected chi connectivity index (χ0v) is 12.3. The standard InChI is InChI=1S/C15H27NO3/c1-9-10(2)19-11(3)14(9)15(18)16-13-7-5-4-6-12(13)8-17/h9-14,17H,4-8H2,1-3H3,(H,16,18). The van der Waals surface area contributed by atoms with Gasteiger partial charge in [-0.15, -0.1) is 0 Å². The second-order valence-electron chi connectivity index (χ2n) is 6.27. The summed E-state index contributed by atoms with van der Waals surface area (Å²) in [5.74, 6) is 0.528. The number of aliphatic hydroxyl groups excluding tert-OH is 1. The van der Waals surface area contributed by atoms with Crippen molar-refractivity contribution in [2.24, 2.45) is 17.8 Å². The van der Waals surface area contributed by atoms with Gasteiger partial charge in [0.15, 0.2) is 0 Å². The van der Waals surface area contributed by atoms with Gasteiger partial charge in [0, 0.05) is 18.6 Å². The number of hydrogen-bond acceptors (Lipinski definition) is 3. The smallest absolute Gasteiger partial charge is 0.226 e. The van der Waals surface area contributed by atoms with Gasteiger partial charge in [0.05, 0.1) is 18.1 Å². The monoisotopic (exact) mass is 269 g/mol. The third-order valence-electron chi connectivity index (χ3n) is 5.02. The van der Waals surface area contributed by atoms with Crippen LogP contribution in [0.1, 0.15) is 46.5 Å². The largest absolute Gasteiger partial charge is 0.396 e. The lowest BCUT2D eigenvalue weighted by molar-refractivity contribution is -0.128. The summed E-state index contributed by atoms with van der Waals surface area (Å²) >= 11 is 0. The Morgan fingerprint density at radius 3 is 2.47 bits per heavy atom. The second-order valence-corrected chi connectivity index (χ2v) is 6.27. The Balaban J connectivity index is 1.96. The number of hydrogen-bond donors (Lipinski definition) is 2. The Morgan fingerprint density at radius 2 is 1.89 bits per heavy atom. The highest BCUT2D eigenvalue weighted by Crippen LogP contribution is 2.33. The first-order chi connectivity index (χ1) is 9.04. The normalized spacial score (nSPS) is 43.2. The molecule has 4 heteroatoms. The van der Waals surface area contributed by atoms with E-state index in [1.807, 2.05) is 13.8 Å². The number of nitrogens with one attached hydrogen (secondary N) is 1. The molecule has 0 spiro atoms. The molecular weight excluding hydrogens is 242 g/mol. The quantitative estimate of drug-likeness (QED) is 0.820. The molecule has 0 aromatic rings. The van der Waals surface area contributed by atoms with Crippen molar-refractivity contribution in [2.45, 2.75) is 64.7 Å². The van der Waals surface area contributed by atoms with Crippen molar-refractivity contribution in [1.82, 2.24) is 5.32 Å². The Bertz CT molecular complexity index is 321. The number of amides is 1. The Labute approximate surface area is 115 Å². The van der Waals surface area contributed by atoms with Crippen molar-refractivity contribution >= 4 is 5.91 Å². The molecule has 0 aromatic heterocycles. The number of carbonyl (C=O) groups excluding carboxylic acids is 1. The fraction of sp³-hybridized carbons (Fsp3) is 0.933. The summed E-state index contributed by atoms with van der Waals surface area (Å²) in [5, 5.41) is 12.6. The van der Waals surface area contributed by atoms with E-state index in [-0.39, 0.29) is 48.5 Å². The van der Waals surface area contributed by atoms with Gasteiger partial charge >= 0.3 is 0 Å². The van der Waals surface area contributed by atoms with E-state index in [1.165, 1.54) is 0 Å². The van der Waals surface area contributed by atoms with Crippen LogP contribution in [0.4, 0.5) is 0 Å². The van der Waals surface area contributed by atoms with Crippen LogP contribution in [0.3, 0.4) is 0 Å². The van der Waals surface area contributed by atoms with Crippen LogP contribution in [0.2, 0.25) is 0 Å². The van der Waals surface area contributed by atoms with Crippen molar-refractivity contribution in [3.8, 4) is 0 Å². The molecule has 2 fully saturated rings. The van der Waals surface area contributed by atoms with E-state index in [9.17, 15) is 9.90 Å². The minimum Gasteiger partial charge on any atom is -0.396 e. The highest BCUT2D eigenvalue weighted by Gasteiger charge is 2.42. The molecule has 6 unspecified atom stereocenters. The molecule has 110 valence electrons. The molecule has 2 aliphatic rings. The zero-order valence-electron chi connectivity index (χ0n) is 12.3. The summed E-state index contributed by atoms with van der Waals surface area (Å²) < 4.78 is 5.74. The Morgan fingerprint density at radius 1 is 1.21 bits per heavy atom. The van der Waals surface area contributed by atoms with Gasteiger partial charge in [-0.3, -0.25) is 4.79 Å². The van der Waals surface area contributed by atoms with E-state index in [1.54, 1.807) is 0 Å². The van der Waals surface area contributed by atoms with Crippen LogP contribution in [-0.4, -0.2) is 35.9 Å². The molecule has 1 heterocycles. The zero-order chi connectivity index (χ0) is 14.0. The molecule has 19 heavy (non-hydrogen) atoms. The van der Waals surface area contributed by atoms with Crippen LogP contribution >= 0.6 is 0 Å². The molecule has 0 radical (unpaired) electrons. The van der Waals surface area contributed by atoms with Crippen molar-refractivity contribution in [3.05, 3.63) is 0 Å². The second kappa shape index (κ2) is 6.23. The number of carbonyl (C=O) groups is 1.